The highest BCUT2D eigenvalue weighted by Crippen LogP contribution is 2.41. The Morgan fingerprint density at radius 2 is 2.04 bits per heavy atom. The first kappa shape index (κ1) is 16.5. The molecule has 3 heterocycles. The van der Waals surface area contributed by atoms with Crippen LogP contribution in [-0.4, -0.2) is 54.3 Å². The number of anilines is 1. The highest BCUT2D eigenvalue weighted by molar-refractivity contribution is 9.10. The molecule has 0 aliphatic carbocycles. The van der Waals surface area contributed by atoms with Gasteiger partial charge in [0.2, 0.25) is 0 Å². The maximum Gasteiger partial charge on any atom is 0.129 e. The molecule has 2 atom stereocenters. The molecule has 0 spiro atoms. The first-order valence-corrected chi connectivity index (χ1v) is 9.11. The second-order valence-corrected chi connectivity index (χ2v) is 7.82. The molecule has 4 rings (SSSR count). The Kier molecular flexibility index (Phi) is 4.21. The summed E-state index contributed by atoms with van der Waals surface area (Å²) in [7, 11) is 3.98. The Morgan fingerprint density at radius 1 is 1.29 bits per heavy atom. The number of likely N-dealkylation sites (N-methyl/N-ethyl adjacent to an activating group) is 1. The third-order valence-electron chi connectivity index (χ3n) is 4.97. The van der Waals surface area contributed by atoms with E-state index in [1.54, 1.807) is 0 Å². The molecule has 0 amide bonds. The maximum absolute atomic E-state index is 10.3. The molecule has 24 heavy (non-hydrogen) atoms. The van der Waals surface area contributed by atoms with Crippen LogP contribution in [0, 0.1) is 0 Å². The van der Waals surface area contributed by atoms with Crippen molar-refractivity contribution in [2.24, 2.45) is 0 Å². The van der Waals surface area contributed by atoms with Crippen LogP contribution in [0.5, 0.6) is 0 Å². The van der Waals surface area contributed by atoms with E-state index in [4.69, 9.17) is 21.3 Å². The minimum atomic E-state index is -0.381. The number of aliphatic hydroxyl groups is 1. The van der Waals surface area contributed by atoms with Crippen LogP contribution in [0.3, 0.4) is 0 Å². The van der Waals surface area contributed by atoms with Crippen LogP contribution in [0.2, 0.25) is 5.02 Å². The van der Waals surface area contributed by atoms with E-state index < -0.39 is 0 Å². The molecule has 2 aromatic rings. The number of hydrogen-bond donors (Lipinski definition) is 1. The molecule has 128 valence electrons. The standard InChI is InChI=1S/C17H19BrClN3O2/c1-21(2)12-5-22(6-13(12)23)14-4-3-9-10-7-24-8-11(10)15(18)16(19)17(9)20-14/h3-4,12-13,23H,5-8H2,1-2H3/t12-,13+/m0/s1. The highest BCUT2D eigenvalue weighted by atomic mass is 79.9. The van der Waals surface area contributed by atoms with Gasteiger partial charge in [-0.05, 0) is 53.3 Å². The lowest BCUT2D eigenvalue weighted by Gasteiger charge is -2.22. The molecule has 7 heteroatoms. The number of fused-ring (bicyclic) bond motifs is 3. The van der Waals surface area contributed by atoms with Gasteiger partial charge in [-0.15, -0.1) is 0 Å². The van der Waals surface area contributed by atoms with Crippen LogP contribution in [0.1, 0.15) is 11.1 Å². The normalized spacial score (nSPS) is 23.5. The zero-order chi connectivity index (χ0) is 17.0. The van der Waals surface area contributed by atoms with E-state index in [0.29, 0.717) is 24.8 Å². The predicted octanol–water partition coefficient (Wildman–Crippen LogP) is 2.79. The molecule has 0 bridgehead atoms. The highest BCUT2D eigenvalue weighted by Gasteiger charge is 2.33. The Bertz CT molecular complexity index is 814. The monoisotopic (exact) mass is 411 g/mol. The number of hydrogen-bond acceptors (Lipinski definition) is 5. The van der Waals surface area contributed by atoms with Crippen LogP contribution >= 0.6 is 27.5 Å². The van der Waals surface area contributed by atoms with Crippen LogP contribution in [0.4, 0.5) is 5.82 Å². The van der Waals surface area contributed by atoms with Crippen LogP contribution < -0.4 is 4.90 Å². The van der Waals surface area contributed by atoms with Crippen molar-refractivity contribution in [3.8, 4) is 0 Å². The largest absolute Gasteiger partial charge is 0.390 e. The van der Waals surface area contributed by atoms with E-state index >= 15 is 0 Å². The van der Waals surface area contributed by atoms with Gasteiger partial charge in [0, 0.05) is 22.9 Å². The van der Waals surface area contributed by atoms with Crippen molar-refractivity contribution in [2.45, 2.75) is 25.4 Å². The van der Waals surface area contributed by atoms with Gasteiger partial charge in [-0.25, -0.2) is 4.98 Å². The molecular formula is C17H19BrClN3O2. The van der Waals surface area contributed by atoms with Crippen LogP contribution in [0.25, 0.3) is 10.9 Å². The molecule has 2 aliphatic rings. The fourth-order valence-electron chi connectivity index (χ4n) is 3.60. The number of rotatable bonds is 2. The topological polar surface area (TPSA) is 48.8 Å². The van der Waals surface area contributed by atoms with Gasteiger partial charge in [-0.2, -0.15) is 0 Å². The number of aliphatic hydroxyl groups excluding tert-OH is 1. The van der Waals surface area contributed by atoms with Gasteiger partial charge in [-0.1, -0.05) is 11.6 Å². The SMILES string of the molecule is CN(C)[C@H]1CN(c2ccc3c4c(c(Br)c(Cl)c3n2)COC4)C[C@H]1O. The molecule has 0 saturated carbocycles. The van der Waals surface area contributed by atoms with Crippen molar-refractivity contribution in [3.05, 3.63) is 32.8 Å². The van der Waals surface area contributed by atoms with E-state index in [1.165, 1.54) is 0 Å². The van der Waals surface area contributed by atoms with Gasteiger partial charge in [0.05, 0.1) is 35.9 Å². The summed E-state index contributed by atoms with van der Waals surface area (Å²) in [5, 5.41) is 11.9. The number of pyridine rings is 1. The first-order chi connectivity index (χ1) is 11.5. The van der Waals surface area contributed by atoms with Crippen LogP contribution in [0.15, 0.2) is 16.6 Å². The minimum absolute atomic E-state index is 0.109. The summed E-state index contributed by atoms with van der Waals surface area (Å²) in [6, 6.07) is 4.19. The molecule has 1 fully saturated rings. The fraction of sp³-hybridized carbons (Fsp3) is 0.471. The summed E-state index contributed by atoms with van der Waals surface area (Å²) < 4.78 is 6.45. The van der Waals surface area contributed by atoms with E-state index in [2.05, 4.69) is 31.8 Å². The Labute approximate surface area is 154 Å². The summed E-state index contributed by atoms with van der Waals surface area (Å²) in [5.41, 5.74) is 3.06. The third kappa shape index (κ3) is 2.52. The molecule has 0 unspecified atom stereocenters. The third-order valence-corrected chi connectivity index (χ3v) is 6.45. The molecular weight excluding hydrogens is 394 g/mol. The summed E-state index contributed by atoms with van der Waals surface area (Å²) in [4.78, 5) is 8.97. The number of β-amino-alcohol motifs (C(OH)–C–C–N with tert-alkyl or cyclic N) is 1. The number of nitrogens with zero attached hydrogens (tertiary/aromatic N) is 3. The lowest BCUT2D eigenvalue weighted by molar-refractivity contribution is 0.114. The zero-order valence-corrected chi connectivity index (χ0v) is 15.9. The Balaban J connectivity index is 1.77. The molecule has 1 N–H and O–H groups in total. The first-order valence-electron chi connectivity index (χ1n) is 7.94. The molecule has 1 aromatic heterocycles. The van der Waals surface area contributed by atoms with Crippen LogP contribution in [-0.2, 0) is 18.0 Å². The van der Waals surface area contributed by atoms with Crippen molar-refractivity contribution in [2.75, 3.05) is 32.1 Å². The molecule has 5 nitrogen and oxygen atoms in total. The number of ether oxygens (including phenoxy) is 1. The summed E-state index contributed by atoms with van der Waals surface area (Å²) in [6.45, 7) is 2.50. The van der Waals surface area contributed by atoms with Gasteiger partial charge >= 0.3 is 0 Å². The zero-order valence-electron chi connectivity index (χ0n) is 13.6. The van der Waals surface area contributed by atoms with Crippen molar-refractivity contribution < 1.29 is 9.84 Å². The Morgan fingerprint density at radius 3 is 2.75 bits per heavy atom. The summed E-state index contributed by atoms with van der Waals surface area (Å²) >= 11 is 10.1. The van der Waals surface area contributed by atoms with E-state index in [-0.39, 0.29) is 12.1 Å². The lowest BCUT2D eigenvalue weighted by Crippen LogP contribution is -2.38. The second-order valence-electron chi connectivity index (χ2n) is 6.65. The Hall–Kier alpha value is -0.920. The van der Waals surface area contributed by atoms with Gasteiger partial charge in [0.15, 0.2) is 0 Å². The number of aromatic nitrogens is 1. The number of benzene rings is 1. The quantitative estimate of drug-likeness (QED) is 0.822. The molecule has 2 aliphatic heterocycles. The van der Waals surface area contributed by atoms with E-state index in [1.807, 2.05) is 20.2 Å². The fourth-order valence-corrected chi connectivity index (χ4v) is 4.40. The minimum Gasteiger partial charge on any atom is -0.390 e. The maximum atomic E-state index is 10.3. The molecule has 1 saturated heterocycles. The van der Waals surface area contributed by atoms with E-state index in [0.717, 1.165) is 38.9 Å². The average Bonchev–Trinajstić information content (AvgIpc) is 3.19. The molecule has 0 radical (unpaired) electrons. The van der Waals surface area contributed by atoms with Gasteiger partial charge in [0.25, 0.3) is 0 Å². The second kappa shape index (κ2) is 6.11. The van der Waals surface area contributed by atoms with Crippen molar-refractivity contribution in [3.63, 3.8) is 0 Å². The van der Waals surface area contributed by atoms with Gasteiger partial charge < -0.3 is 19.6 Å². The smallest absolute Gasteiger partial charge is 0.129 e. The van der Waals surface area contributed by atoms with Crippen molar-refractivity contribution in [1.82, 2.24) is 9.88 Å². The van der Waals surface area contributed by atoms with Crippen molar-refractivity contribution >= 4 is 44.3 Å². The van der Waals surface area contributed by atoms with Gasteiger partial charge in [0.1, 0.15) is 5.82 Å². The van der Waals surface area contributed by atoms with Crippen molar-refractivity contribution in [1.29, 1.82) is 0 Å². The average molecular weight is 413 g/mol. The van der Waals surface area contributed by atoms with Gasteiger partial charge in [-0.3, -0.25) is 0 Å². The predicted molar refractivity (Wildman–Crippen MR) is 98.6 cm³/mol. The lowest BCUT2D eigenvalue weighted by atomic mass is 10.0. The summed E-state index contributed by atoms with van der Waals surface area (Å²) in [5.74, 6) is 0.846. The molecule has 1 aromatic carbocycles. The van der Waals surface area contributed by atoms with E-state index in [9.17, 15) is 5.11 Å². The summed E-state index contributed by atoms with van der Waals surface area (Å²) in [6.07, 6.45) is -0.381. The number of halogens is 2.